The minimum atomic E-state index is -0.0592. The summed E-state index contributed by atoms with van der Waals surface area (Å²) in [5, 5.41) is 11.4. The predicted octanol–water partition coefficient (Wildman–Crippen LogP) is 2.71. The van der Waals surface area contributed by atoms with Crippen molar-refractivity contribution in [2.24, 2.45) is 4.99 Å². The predicted molar refractivity (Wildman–Crippen MR) is 105 cm³/mol. The van der Waals surface area contributed by atoms with Crippen LogP contribution in [0, 0.1) is 6.92 Å². The summed E-state index contributed by atoms with van der Waals surface area (Å²) in [6.45, 7) is 6.43. The van der Waals surface area contributed by atoms with Crippen molar-refractivity contribution in [3.05, 3.63) is 57.3 Å². The molecular formula is C19H26N4OS. The van der Waals surface area contributed by atoms with Crippen molar-refractivity contribution < 1.29 is 4.79 Å². The van der Waals surface area contributed by atoms with Gasteiger partial charge in [0.25, 0.3) is 5.91 Å². The fraction of sp³-hybridized carbons (Fsp3) is 0.368. The van der Waals surface area contributed by atoms with Crippen molar-refractivity contribution in [1.82, 2.24) is 16.0 Å². The molecule has 25 heavy (non-hydrogen) atoms. The van der Waals surface area contributed by atoms with Crippen LogP contribution in [-0.2, 0) is 13.0 Å². The minimum absolute atomic E-state index is 0.0592. The van der Waals surface area contributed by atoms with Crippen molar-refractivity contribution in [1.29, 1.82) is 0 Å². The first-order chi connectivity index (χ1) is 12.1. The lowest BCUT2D eigenvalue weighted by atomic mass is 10.1. The van der Waals surface area contributed by atoms with Gasteiger partial charge in [0, 0.05) is 30.6 Å². The monoisotopic (exact) mass is 358 g/mol. The molecule has 0 aliphatic heterocycles. The van der Waals surface area contributed by atoms with Crippen LogP contribution in [0.2, 0.25) is 0 Å². The van der Waals surface area contributed by atoms with E-state index in [1.54, 1.807) is 18.4 Å². The van der Waals surface area contributed by atoms with Gasteiger partial charge in [-0.1, -0.05) is 12.1 Å². The highest BCUT2D eigenvalue weighted by molar-refractivity contribution is 7.10. The van der Waals surface area contributed by atoms with E-state index in [0.717, 1.165) is 31.0 Å². The zero-order chi connectivity index (χ0) is 18.1. The molecule has 0 radical (unpaired) electrons. The topological polar surface area (TPSA) is 65.5 Å². The molecule has 3 N–H and O–H groups in total. The summed E-state index contributed by atoms with van der Waals surface area (Å²) in [5.41, 5.74) is 3.10. The molecule has 0 saturated heterocycles. The number of hydrogen-bond acceptors (Lipinski definition) is 3. The molecule has 2 aromatic rings. The number of amides is 1. The van der Waals surface area contributed by atoms with Gasteiger partial charge in [-0.2, -0.15) is 0 Å². The molecule has 1 aromatic heterocycles. The van der Waals surface area contributed by atoms with Gasteiger partial charge < -0.3 is 16.0 Å². The maximum atomic E-state index is 11.7. The number of hydrogen-bond donors (Lipinski definition) is 3. The Hall–Kier alpha value is -2.34. The van der Waals surface area contributed by atoms with Crippen molar-refractivity contribution in [3.8, 4) is 0 Å². The summed E-state index contributed by atoms with van der Waals surface area (Å²) in [6.07, 6.45) is 0.827. The fourth-order valence-electron chi connectivity index (χ4n) is 2.40. The normalized spacial score (nSPS) is 11.2. The molecule has 2 rings (SSSR count). The van der Waals surface area contributed by atoms with Crippen LogP contribution < -0.4 is 16.0 Å². The number of rotatable bonds is 7. The first-order valence-corrected chi connectivity index (χ1v) is 9.38. The Labute approximate surface area is 153 Å². The lowest BCUT2D eigenvalue weighted by Gasteiger charge is -2.11. The van der Waals surface area contributed by atoms with Crippen LogP contribution in [0.5, 0.6) is 0 Å². The molecule has 6 heteroatoms. The van der Waals surface area contributed by atoms with E-state index in [1.807, 2.05) is 24.3 Å². The highest BCUT2D eigenvalue weighted by Gasteiger charge is 2.04. The number of carbonyl (C=O) groups is 1. The third kappa shape index (κ3) is 5.90. The van der Waals surface area contributed by atoms with E-state index in [-0.39, 0.29) is 5.91 Å². The second-order valence-corrected chi connectivity index (χ2v) is 6.68. The fourth-order valence-corrected chi connectivity index (χ4v) is 3.23. The van der Waals surface area contributed by atoms with Gasteiger partial charge in [-0.05, 0) is 55.0 Å². The van der Waals surface area contributed by atoms with Gasteiger partial charge in [0.15, 0.2) is 5.96 Å². The Morgan fingerprint density at radius 2 is 2.08 bits per heavy atom. The molecule has 134 valence electrons. The zero-order valence-corrected chi connectivity index (χ0v) is 15.9. The molecule has 1 heterocycles. The molecule has 0 bridgehead atoms. The smallest absolute Gasteiger partial charge is 0.251 e. The van der Waals surface area contributed by atoms with Crippen LogP contribution in [-0.4, -0.2) is 32.0 Å². The highest BCUT2D eigenvalue weighted by Crippen LogP contribution is 2.16. The van der Waals surface area contributed by atoms with Crippen LogP contribution in [0.4, 0.5) is 0 Å². The van der Waals surface area contributed by atoms with Crippen LogP contribution >= 0.6 is 11.3 Å². The summed E-state index contributed by atoms with van der Waals surface area (Å²) < 4.78 is 0. The average molecular weight is 359 g/mol. The van der Waals surface area contributed by atoms with Crippen molar-refractivity contribution in [2.75, 3.05) is 20.1 Å². The molecule has 0 unspecified atom stereocenters. The summed E-state index contributed by atoms with van der Waals surface area (Å²) in [5.74, 6) is 0.758. The molecule has 0 aliphatic rings. The lowest BCUT2D eigenvalue weighted by molar-refractivity contribution is 0.0963. The second kappa shape index (κ2) is 9.84. The van der Waals surface area contributed by atoms with Gasteiger partial charge in [0.05, 0.1) is 6.54 Å². The average Bonchev–Trinajstić information content (AvgIpc) is 3.04. The van der Waals surface area contributed by atoms with E-state index in [2.05, 4.69) is 46.2 Å². The van der Waals surface area contributed by atoms with Gasteiger partial charge in [0.1, 0.15) is 0 Å². The van der Waals surface area contributed by atoms with Crippen LogP contribution in [0.15, 0.2) is 40.7 Å². The maximum absolute atomic E-state index is 11.7. The molecule has 1 amide bonds. The molecule has 0 spiro atoms. The second-order valence-electron chi connectivity index (χ2n) is 5.68. The number of guanidine groups is 1. The van der Waals surface area contributed by atoms with Gasteiger partial charge in [-0.3, -0.25) is 4.79 Å². The summed E-state index contributed by atoms with van der Waals surface area (Å²) in [4.78, 5) is 17.6. The third-order valence-corrected chi connectivity index (χ3v) is 4.82. The van der Waals surface area contributed by atoms with Gasteiger partial charge in [-0.25, -0.2) is 4.99 Å². The Morgan fingerprint density at radius 1 is 1.24 bits per heavy atom. The van der Waals surface area contributed by atoms with Gasteiger partial charge >= 0.3 is 0 Å². The number of aliphatic imine (C=N–C) groups is 1. The Balaban J connectivity index is 1.91. The molecule has 0 aliphatic carbocycles. The molecule has 0 saturated carbocycles. The van der Waals surface area contributed by atoms with E-state index in [9.17, 15) is 4.79 Å². The first kappa shape index (κ1) is 19.0. The van der Waals surface area contributed by atoms with E-state index < -0.39 is 0 Å². The third-order valence-electron chi connectivity index (χ3n) is 3.82. The SMILES string of the molecule is CCNC(=NCc1sccc1C)NCCc1cccc(C(=O)NC)c1. The summed E-state index contributed by atoms with van der Waals surface area (Å²) in [6, 6.07) is 9.82. The number of carbonyl (C=O) groups excluding carboxylic acids is 1. The zero-order valence-electron chi connectivity index (χ0n) is 15.1. The summed E-state index contributed by atoms with van der Waals surface area (Å²) >= 11 is 1.74. The number of nitrogens with zero attached hydrogens (tertiary/aromatic N) is 1. The van der Waals surface area contributed by atoms with Gasteiger partial charge in [0.2, 0.25) is 0 Å². The first-order valence-electron chi connectivity index (χ1n) is 8.50. The number of nitrogens with one attached hydrogen (secondary N) is 3. The number of benzene rings is 1. The molecular weight excluding hydrogens is 332 g/mol. The highest BCUT2D eigenvalue weighted by atomic mass is 32.1. The van der Waals surface area contributed by atoms with E-state index in [4.69, 9.17) is 0 Å². The van der Waals surface area contributed by atoms with Crippen molar-refractivity contribution in [2.45, 2.75) is 26.8 Å². The molecule has 0 atom stereocenters. The van der Waals surface area contributed by atoms with E-state index in [1.165, 1.54) is 10.4 Å². The summed E-state index contributed by atoms with van der Waals surface area (Å²) in [7, 11) is 1.64. The number of aryl methyl sites for hydroxylation is 1. The largest absolute Gasteiger partial charge is 0.357 e. The Bertz CT molecular complexity index is 724. The Kier molecular flexibility index (Phi) is 7.47. The van der Waals surface area contributed by atoms with Crippen LogP contribution in [0.3, 0.4) is 0 Å². The molecule has 1 aromatic carbocycles. The molecule has 0 fully saturated rings. The quantitative estimate of drug-likeness (QED) is 0.527. The van der Waals surface area contributed by atoms with Crippen LogP contribution in [0.1, 0.15) is 33.3 Å². The standard InChI is InChI=1S/C19H26N4OS/c1-4-21-19(23-13-17-14(2)9-11-25-17)22-10-8-15-6-5-7-16(12-15)18(24)20-3/h5-7,9,11-12H,4,8,10,13H2,1-3H3,(H,20,24)(H2,21,22,23). The molecule has 5 nitrogen and oxygen atoms in total. The van der Waals surface area contributed by atoms with E-state index >= 15 is 0 Å². The Morgan fingerprint density at radius 3 is 2.76 bits per heavy atom. The minimum Gasteiger partial charge on any atom is -0.357 e. The van der Waals surface area contributed by atoms with Gasteiger partial charge in [-0.15, -0.1) is 11.3 Å². The van der Waals surface area contributed by atoms with Crippen LogP contribution in [0.25, 0.3) is 0 Å². The maximum Gasteiger partial charge on any atom is 0.251 e. The number of thiophene rings is 1. The lowest BCUT2D eigenvalue weighted by Crippen LogP contribution is -2.38. The van der Waals surface area contributed by atoms with Crippen molar-refractivity contribution in [3.63, 3.8) is 0 Å². The van der Waals surface area contributed by atoms with E-state index in [0.29, 0.717) is 12.1 Å². The van der Waals surface area contributed by atoms with Crippen molar-refractivity contribution >= 4 is 23.2 Å².